The van der Waals surface area contributed by atoms with Crippen molar-refractivity contribution in [2.24, 2.45) is 11.8 Å². The molecule has 24 heavy (non-hydrogen) atoms. The molecule has 2 aliphatic heterocycles. The Hall–Kier alpha value is -1.02. The van der Waals surface area contributed by atoms with Crippen molar-refractivity contribution in [2.75, 3.05) is 26.2 Å². The standard InChI is InChI=1S/C15H24F3N3O2.ClH/c1-10(11-2-5-19-6-3-11)8-13(22)20-12-4-7-21(14(12)23)9-15(16,17)18;/h10-12,19H,2-9H2,1H3,(H,20,22);1H. The van der Waals surface area contributed by atoms with E-state index in [0.717, 1.165) is 30.8 Å². The Kier molecular flexibility index (Phi) is 7.79. The molecule has 2 unspecified atom stereocenters. The number of hydrogen-bond donors (Lipinski definition) is 2. The van der Waals surface area contributed by atoms with Crippen molar-refractivity contribution >= 4 is 24.2 Å². The van der Waals surface area contributed by atoms with E-state index in [1.54, 1.807) is 0 Å². The largest absolute Gasteiger partial charge is 0.406 e. The van der Waals surface area contributed by atoms with Gasteiger partial charge in [-0.1, -0.05) is 6.92 Å². The van der Waals surface area contributed by atoms with Crippen LogP contribution in [0.15, 0.2) is 0 Å². The van der Waals surface area contributed by atoms with Gasteiger partial charge in [0.2, 0.25) is 11.8 Å². The maximum absolute atomic E-state index is 12.4. The van der Waals surface area contributed by atoms with Gasteiger partial charge in [0.05, 0.1) is 0 Å². The van der Waals surface area contributed by atoms with Crippen LogP contribution in [0.5, 0.6) is 0 Å². The number of rotatable bonds is 5. The quantitative estimate of drug-likeness (QED) is 0.773. The molecule has 0 aromatic carbocycles. The second-order valence-corrected chi connectivity index (χ2v) is 6.55. The van der Waals surface area contributed by atoms with E-state index in [1.165, 1.54) is 0 Å². The molecule has 2 N–H and O–H groups in total. The van der Waals surface area contributed by atoms with Crippen molar-refractivity contribution in [1.29, 1.82) is 0 Å². The maximum atomic E-state index is 12.4. The first-order valence-electron chi connectivity index (χ1n) is 8.12. The molecule has 0 aromatic heterocycles. The Morgan fingerprint density at radius 2 is 1.96 bits per heavy atom. The highest BCUT2D eigenvalue weighted by Gasteiger charge is 2.39. The molecular formula is C15H25ClF3N3O2. The van der Waals surface area contributed by atoms with Gasteiger partial charge in [-0.3, -0.25) is 9.59 Å². The minimum atomic E-state index is -4.40. The fourth-order valence-corrected chi connectivity index (χ4v) is 3.37. The van der Waals surface area contributed by atoms with Crippen LogP contribution < -0.4 is 10.6 Å². The third-order valence-electron chi connectivity index (χ3n) is 4.70. The summed E-state index contributed by atoms with van der Waals surface area (Å²) < 4.78 is 37.1. The molecule has 2 saturated heterocycles. The average molecular weight is 372 g/mol. The molecular weight excluding hydrogens is 347 g/mol. The predicted octanol–water partition coefficient (Wildman–Crippen LogP) is 1.71. The molecule has 5 nitrogen and oxygen atoms in total. The number of carbonyl (C=O) groups is 2. The number of hydrogen-bond acceptors (Lipinski definition) is 3. The van der Waals surface area contributed by atoms with Crippen molar-refractivity contribution < 1.29 is 22.8 Å². The summed E-state index contributed by atoms with van der Waals surface area (Å²) >= 11 is 0. The molecule has 9 heteroatoms. The Labute approximate surface area is 146 Å². The van der Waals surface area contributed by atoms with Gasteiger partial charge in [-0.25, -0.2) is 0 Å². The molecule has 2 aliphatic rings. The molecule has 0 bridgehead atoms. The van der Waals surface area contributed by atoms with Crippen molar-refractivity contribution in [2.45, 2.75) is 44.8 Å². The van der Waals surface area contributed by atoms with Crippen LogP contribution in [-0.2, 0) is 9.59 Å². The van der Waals surface area contributed by atoms with E-state index in [4.69, 9.17) is 0 Å². The molecule has 0 spiro atoms. The second-order valence-electron chi connectivity index (χ2n) is 6.55. The van der Waals surface area contributed by atoms with E-state index in [-0.39, 0.29) is 37.2 Å². The Morgan fingerprint density at radius 1 is 1.33 bits per heavy atom. The second kappa shape index (κ2) is 8.89. The highest BCUT2D eigenvalue weighted by molar-refractivity contribution is 5.89. The SMILES string of the molecule is CC(CC(=O)NC1CCN(CC(F)(F)F)C1=O)C1CCNCC1.Cl. The van der Waals surface area contributed by atoms with Crippen LogP contribution >= 0.6 is 12.4 Å². The summed E-state index contributed by atoms with van der Waals surface area (Å²) in [4.78, 5) is 24.7. The number of piperidine rings is 1. The van der Waals surface area contributed by atoms with Gasteiger partial charge in [-0.2, -0.15) is 13.2 Å². The normalized spacial score (nSPS) is 23.8. The number of amides is 2. The zero-order chi connectivity index (χ0) is 17.0. The van der Waals surface area contributed by atoms with Gasteiger partial charge in [0, 0.05) is 13.0 Å². The van der Waals surface area contributed by atoms with Crippen LogP contribution in [0.2, 0.25) is 0 Å². The monoisotopic (exact) mass is 371 g/mol. The molecule has 2 fully saturated rings. The van der Waals surface area contributed by atoms with Crippen LogP contribution in [0.1, 0.15) is 32.6 Å². The van der Waals surface area contributed by atoms with Gasteiger partial charge in [0.1, 0.15) is 12.6 Å². The van der Waals surface area contributed by atoms with Gasteiger partial charge in [0.25, 0.3) is 0 Å². The van der Waals surface area contributed by atoms with E-state index < -0.39 is 24.7 Å². The molecule has 2 heterocycles. The van der Waals surface area contributed by atoms with E-state index in [2.05, 4.69) is 10.6 Å². The summed E-state index contributed by atoms with van der Waals surface area (Å²) in [5.41, 5.74) is 0. The lowest BCUT2D eigenvalue weighted by molar-refractivity contribution is -0.158. The molecule has 0 saturated carbocycles. The van der Waals surface area contributed by atoms with Crippen LogP contribution in [0.25, 0.3) is 0 Å². The topological polar surface area (TPSA) is 61.4 Å². The van der Waals surface area contributed by atoms with Crippen LogP contribution in [0.3, 0.4) is 0 Å². The minimum absolute atomic E-state index is 0. The third kappa shape index (κ3) is 6.12. The van der Waals surface area contributed by atoms with Crippen molar-refractivity contribution in [3.8, 4) is 0 Å². The van der Waals surface area contributed by atoms with E-state index >= 15 is 0 Å². The number of carbonyl (C=O) groups excluding carboxylic acids is 2. The fourth-order valence-electron chi connectivity index (χ4n) is 3.37. The summed E-state index contributed by atoms with van der Waals surface area (Å²) in [6, 6.07) is -0.815. The summed E-state index contributed by atoms with van der Waals surface area (Å²) in [5, 5.41) is 5.87. The van der Waals surface area contributed by atoms with Crippen molar-refractivity contribution in [3.63, 3.8) is 0 Å². The lowest BCUT2D eigenvalue weighted by Gasteiger charge is -2.28. The van der Waals surface area contributed by atoms with Crippen molar-refractivity contribution in [1.82, 2.24) is 15.5 Å². The highest BCUT2D eigenvalue weighted by atomic mass is 35.5. The molecule has 2 amide bonds. The first-order valence-corrected chi connectivity index (χ1v) is 8.12. The predicted molar refractivity (Wildman–Crippen MR) is 85.8 cm³/mol. The van der Waals surface area contributed by atoms with Gasteiger partial charge >= 0.3 is 6.18 Å². The van der Waals surface area contributed by atoms with E-state index in [9.17, 15) is 22.8 Å². The number of nitrogens with zero attached hydrogens (tertiary/aromatic N) is 1. The van der Waals surface area contributed by atoms with Gasteiger partial charge < -0.3 is 15.5 Å². The molecule has 0 aliphatic carbocycles. The van der Waals surface area contributed by atoms with Crippen LogP contribution in [0, 0.1) is 11.8 Å². The van der Waals surface area contributed by atoms with Gasteiger partial charge in [0.15, 0.2) is 0 Å². The Bertz CT molecular complexity index is 442. The van der Waals surface area contributed by atoms with Crippen LogP contribution in [-0.4, -0.2) is 55.1 Å². The lowest BCUT2D eigenvalue weighted by Crippen LogP contribution is -2.44. The summed E-state index contributed by atoms with van der Waals surface area (Å²) in [7, 11) is 0. The zero-order valence-electron chi connectivity index (χ0n) is 13.7. The lowest BCUT2D eigenvalue weighted by atomic mass is 9.84. The summed E-state index contributed by atoms with van der Waals surface area (Å²) in [6.45, 7) is 2.70. The van der Waals surface area contributed by atoms with E-state index in [1.807, 2.05) is 6.92 Å². The number of likely N-dealkylation sites (tertiary alicyclic amines) is 1. The molecule has 0 aromatic rings. The molecule has 2 rings (SSSR count). The van der Waals surface area contributed by atoms with Crippen molar-refractivity contribution in [3.05, 3.63) is 0 Å². The number of nitrogens with one attached hydrogen (secondary N) is 2. The van der Waals surface area contributed by atoms with Gasteiger partial charge in [-0.15, -0.1) is 12.4 Å². The molecule has 140 valence electrons. The first-order chi connectivity index (χ1) is 10.8. The highest BCUT2D eigenvalue weighted by Crippen LogP contribution is 2.25. The smallest absolute Gasteiger partial charge is 0.344 e. The van der Waals surface area contributed by atoms with Crippen LogP contribution in [0.4, 0.5) is 13.2 Å². The maximum Gasteiger partial charge on any atom is 0.406 e. The van der Waals surface area contributed by atoms with Gasteiger partial charge in [-0.05, 0) is 44.2 Å². The fraction of sp³-hybridized carbons (Fsp3) is 0.867. The number of halogens is 4. The Balaban J connectivity index is 0.00000288. The minimum Gasteiger partial charge on any atom is -0.344 e. The summed E-state index contributed by atoms with van der Waals surface area (Å²) in [6.07, 6.45) is -1.81. The number of alkyl halides is 3. The summed E-state index contributed by atoms with van der Waals surface area (Å²) in [5.74, 6) is -0.198. The molecule has 2 atom stereocenters. The first kappa shape index (κ1) is 21.0. The molecule has 0 radical (unpaired) electrons. The average Bonchev–Trinajstić information content (AvgIpc) is 2.79. The zero-order valence-corrected chi connectivity index (χ0v) is 14.5. The van der Waals surface area contributed by atoms with E-state index in [0.29, 0.717) is 12.3 Å². The Morgan fingerprint density at radius 3 is 2.54 bits per heavy atom. The third-order valence-corrected chi connectivity index (χ3v) is 4.70.